The molecular weight excluding hydrogens is 232 g/mol. The molecule has 18 heavy (non-hydrogen) atoms. The van der Waals surface area contributed by atoms with Crippen LogP contribution in [-0.2, 0) is 9.59 Å². The first kappa shape index (κ1) is 16.7. The third kappa shape index (κ3) is 3.12. The van der Waals surface area contributed by atoms with Crippen molar-refractivity contribution in [2.24, 2.45) is 17.3 Å². The summed E-state index contributed by atoms with van der Waals surface area (Å²) >= 11 is 0. The summed E-state index contributed by atoms with van der Waals surface area (Å²) in [6.07, 6.45) is 2.47. The van der Waals surface area contributed by atoms with E-state index in [0.717, 1.165) is 0 Å². The summed E-state index contributed by atoms with van der Waals surface area (Å²) in [6, 6.07) is 0. The maximum atomic E-state index is 11.7. The van der Waals surface area contributed by atoms with Crippen LogP contribution in [0.25, 0.3) is 0 Å². The Kier molecular flexibility index (Phi) is 6.09. The second-order valence-electron chi connectivity index (χ2n) is 5.07. The van der Waals surface area contributed by atoms with Crippen molar-refractivity contribution in [2.75, 3.05) is 0 Å². The van der Waals surface area contributed by atoms with Gasteiger partial charge in [-0.15, -0.1) is 0 Å². The van der Waals surface area contributed by atoms with Crippen molar-refractivity contribution in [2.45, 2.75) is 47.5 Å². The van der Waals surface area contributed by atoms with Gasteiger partial charge in [-0.05, 0) is 18.3 Å². The van der Waals surface area contributed by atoms with Crippen LogP contribution in [0, 0.1) is 17.3 Å². The fourth-order valence-electron chi connectivity index (χ4n) is 2.37. The second-order valence-corrected chi connectivity index (χ2v) is 5.07. The zero-order chi connectivity index (χ0) is 14.5. The molecule has 0 spiro atoms. The van der Waals surface area contributed by atoms with Gasteiger partial charge in [-0.3, -0.25) is 4.79 Å². The molecule has 4 nitrogen and oxygen atoms in total. The van der Waals surface area contributed by atoms with Gasteiger partial charge in [0, 0.05) is 0 Å². The highest BCUT2D eigenvalue weighted by molar-refractivity contribution is 5.96. The molecule has 0 aromatic rings. The number of rotatable bonds is 7. The van der Waals surface area contributed by atoms with E-state index in [0.29, 0.717) is 6.42 Å². The summed E-state index contributed by atoms with van der Waals surface area (Å²) in [6.45, 7) is 9.11. The lowest BCUT2D eigenvalue weighted by atomic mass is 9.67. The molecule has 4 heteroatoms. The van der Waals surface area contributed by atoms with Crippen molar-refractivity contribution in [1.82, 2.24) is 0 Å². The maximum Gasteiger partial charge on any atom is 0.332 e. The largest absolute Gasteiger partial charge is 0.481 e. The van der Waals surface area contributed by atoms with E-state index < -0.39 is 17.4 Å². The highest BCUT2D eigenvalue weighted by Gasteiger charge is 2.47. The van der Waals surface area contributed by atoms with Crippen molar-refractivity contribution in [1.29, 1.82) is 0 Å². The lowest BCUT2D eigenvalue weighted by Crippen LogP contribution is -2.41. The molecule has 104 valence electrons. The van der Waals surface area contributed by atoms with E-state index in [1.54, 1.807) is 19.9 Å². The zero-order valence-electron chi connectivity index (χ0n) is 11.9. The Hall–Kier alpha value is -1.32. The molecule has 2 N–H and O–H groups in total. The SMILES string of the molecule is CCC(C)C(CC)(C(=O)O)C(=CC(C)C)C(=O)O. The Labute approximate surface area is 109 Å². The Morgan fingerprint density at radius 2 is 1.67 bits per heavy atom. The summed E-state index contributed by atoms with van der Waals surface area (Å²) in [5.41, 5.74) is -1.29. The third-order valence-electron chi connectivity index (χ3n) is 3.60. The standard InChI is InChI=1S/C14H24O4/c1-6-10(5)14(7-2,13(17)18)11(12(15)16)8-9(3)4/h8-10H,6-7H2,1-5H3,(H,15,16)(H,17,18). The minimum atomic E-state index is -1.30. The van der Waals surface area contributed by atoms with E-state index in [2.05, 4.69) is 0 Å². The zero-order valence-corrected chi connectivity index (χ0v) is 11.9. The first-order valence-electron chi connectivity index (χ1n) is 6.42. The molecule has 0 fully saturated rings. The summed E-state index contributed by atoms with van der Waals surface area (Å²) in [4.78, 5) is 23.1. The molecule has 0 rings (SSSR count). The van der Waals surface area contributed by atoms with Crippen LogP contribution in [0.2, 0.25) is 0 Å². The number of carboxylic acids is 2. The van der Waals surface area contributed by atoms with Gasteiger partial charge in [-0.25, -0.2) is 4.79 Å². The Morgan fingerprint density at radius 3 is 1.89 bits per heavy atom. The maximum absolute atomic E-state index is 11.7. The Bertz CT molecular complexity index is 344. The molecule has 2 atom stereocenters. The van der Waals surface area contributed by atoms with E-state index in [1.165, 1.54) is 0 Å². The van der Waals surface area contributed by atoms with E-state index in [9.17, 15) is 19.8 Å². The fourth-order valence-corrected chi connectivity index (χ4v) is 2.37. The molecule has 0 bridgehead atoms. The molecule has 0 aromatic heterocycles. The summed E-state index contributed by atoms with van der Waals surface area (Å²) in [5, 5.41) is 18.9. The minimum Gasteiger partial charge on any atom is -0.481 e. The molecule has 0 aliphatic rings. The molecule has 0 aliphatic carbocycles. The monoisotopic (exact) mass is 256 g/mol. The number of carbonyl (C=O) groups is 2. The van der Waals surface area contributed by atoms with Gasteiger partial charge in [0.05, 0.1) is 5.57 Å². The topological polar surface area (TPSA) is 74.6 Å². The van der Waals surface area contributed by atoms with Crippen molar-refractivity contribution >= 4 is 11.9 Å². The predicted molar refractivity (Wildman–Crippen MR) is 70.4 cm³/mol. The second kappa shape index (κ2) is 6.57. The van der Waals surface area contributed by atoms with Crippen molar-refractivity contribution in [3.63, 3.8) is 0 Å². The summed E-state index contributed by atoms with van der Waals surface area (Å²) < 4.78 is 0. The van der Waals surface area contributed by atoms with Gasteiger partial charge < -0.3 is 10.2 Å². The number of allylic oxidation sites excluding steroid dienone is 1. The lowest BCUT2D eigenvalue weighted by Gasteiger charge is -2.35. The van der Waals surface area contributed by atoms with Crippen LogP contribution in [-0.4, -0.2) is 22.2 Å². The van der Waals surface area contributed by atoms with Crippen LogP contribution in [0.3, 0.4) is 0 Å². The highest BCUT2D eigenvalue weighted by Crippen LogP contribution is 2.42. The van der Waals surface area contributed by atoms with Gasteiger partial charge >= 0.3 is 11.9 Å². The molecule has 0 aliphatic heterocycles. The van der Waals surface area contributed by atoms with Crippen molar-refractivity contribution in [3.8, 4) is 0 Å². The average molecular weight is 256 g/mol. The van der Waals surface area contributed by atoms with E-state index in [-0.39, 0.29) is 23.8 Å². The molecular formula is C14H24O4. The quantitative estimate of drug-likeness (QED) is 0.686. The Balaban J connectivity index is 5.95. The van der Waals surface area contributed by atoms with Crippen LogP contribution in [0.5, 0.6) is 0 Å². The normalized spacial score (nSPS) is 17.3. The summed E-state index contributed by atoms with van der Waals surface area (Å²) in [7, 11) is 0. The molecule has 2 unspecified atom stereocenters. The van der Waals surface area contributed by atoms with Crippen LogP contribution < -0.4 is 0 Å². The molecule has 0 saturated carbocycles. The van der Waals surface area contributed by atoms with Gasteiger partial charge in [-0.2, -0.15) is 0 Å². The lowest BCUT2D eigenvalue weighted by molar-refractivity contribution is -0.153. The van der Waals surface area contributed by atoms with E-state index >= 15 is 0 Å². The Morgan fingerprint density at radius 1 is 1.17 bits per heavy atom. The number of hydrogen-bond donors (Lipinski definition) is 2. The van der Waals surface area contributed by atoms with Crippen LogP contribution in [0.1, 0.15) is 47.5 Å². The van der Waals surface area contributed by atoms with E-state index in [1.807, 2.05) is 20.8 Å². The molecule has 0 amide bonds. The average Bonchev–Trinajstić information content (AvgIpc) is 2.27. The molecule has 0 aromatic carbocycles. The molecule has 0 radical (unpaired) electrons. The molecule has 0 saturated heterocycles. The van der Waals surface area contributed by atoms with E-state index in [4.69, 9.17) is 0 Å². The smallest absolute Gasteiger partial charge is 0.332 e. The summed E-state index contributed by atoms with van der Waals surface area (Å²) in [5.74, 6) is -2.39. The van der Waals surface area contributed by atoms with Gasteiger partial charge in [0.1, 0.15) is 5.41 Å². The van der Waals surface area contributed by atoms with Gasteiger partial charge in [0.25, 0.3) is 0 Å². The van der Waals surface area contributed by atoms with Crippen molar-refractivity contribution in [3.05, 3.63) is 11.6 Å². The van der Waals surface area contributed by atoms with Crippen LogP contribution in [0.15, 0.2) is 11.6 Å². The predicted octanol–water partition coefficient (Wildman–Crippen LogP) is 3.18. The molecule has 0 heterocycles. The first-order chi connectivity index (χ1) is 8.23. The number of carboxylic acid groups (broad SMARTS) is 2. The fraction of sp³-hybridized carbons (Fsp3) is 0.714. The van der Waals surface area contributed by atoms with Gasteiger partial charge in [0.2, 0.25) is 0 Å². The number of aliphatic carboxylic acids is 2. The van der Waals surface area contributed by atoms with Crippen LogP contribution in [0.4, 0.5) is 0 Å². The highest BCUT2D eigenvalue weighted by atomic mass is 16.4. The van der Waals surface area contributed by atoms with Crippen LogP contribution >= 0.6 is 0 Å². The first-order valence-corrected chi connectivity index (χ1v) is 6.42. The van der Waals surface area contributed by atoms with Gasteiger partial charge in [-0.1, -0.05) is 47.1 Å². The minimum absolute atomic E-state index is 0.00503. The number of hydrogen-bond acceptors (Lipinski definition) is 2. The van der Waals surface area contributed by atoms with Gasteiger partial charge in [0.15, 0.2) is 0 Å². The third-order valence-corrected chi connectivity index (χ3v) is 3.60. The van der Waals surface area contributed by atoms with Crippen molar-refractivity contribution < 1.29 is 19.8 Å².